The number of thioether (sulfide) groups is 2. The van der Waals surface area contributed by atoms with E-state index in [1.165, 1.54) is 34.9 Å². The summed E-state index contributed by atoms with van der Waals surface area (Å²) in [5.74, 6) is 2.12. The molecule has 2 aromatic carbocycles. The first-order valence-corrected chi connectivity index (χ1v) is 11.6. The minimum Gasteiger partial charge on any atom is -0.497 e. The number of aromatic nitrogens is 2. The number of ether oxygens (including phenoxy) is 2. The van der Waals surface area contributed by atoms with Crippen LogP contribution in [-0.4, -0.2) is 42.3 Å². The van der Waals surface area contributed by atoms with Gasteiger partial charge in [0.15, 0.2) is 8.68 Å². The highest BCUT2D eigenvalue weighted by atomic mass is 32.2. The van der Waals surface area contributed by atoms with Gasteiger partial charge in [0.1, 0.15) is 11.5 Å². The topological polar surface area (TPSA) is 85.7 Å². The van der Waals surface area contributed by atoms with Crippen LogP contribution in [-0.2, 0) is 10.5 Å². The van der Waals surface area contributed by atoms with E-state index in [2.05, 4.69) is 32.9 Å². The Morgan fingerprint density at radius 3 is 2.60 bits per heavy atom. The number of carbonyl (C=O) groups excluding carboxylic acids is 1. The molecule has 0 bridgehead atoms. The van der Waals surface area contributed by atoms with Gasteiger partial charge in [0.2, 0.25) is 0 Å². The molecule has 0 spiro atoms. The minimum absolute atomic E-state index is 0.199. The first kappa shape index (κ1) is 22.1. The number of benzene rings is 2. The van der Waals surface area contributed by atoms with Crippen LogP contribution in [0, 0.1) is 0 Å². The third kappa shape index (κ3) is 6.75. The van der Waals surface area contributed by atoms with Gasteiger partial charge in [-0.1, -0.05) is 65.2 Å². The molecule has 10 heteroatoms. The summed E-state index contributed by atoms with van der Waals surface area (Å²) >= 11 is 4.44. The third-order valence-corrected chi connectivity index (χ3v) is 7.01. The molecule has 0 saturated carbocycles. The molecule has 0 unspecified atom stereocenters. The number of rotatable bonds is 10. The first-order chi connectivity index (χ1) is 14.7. The maximum atomic E-state index is 12.1. The molecule has 0 aliphatic rings. The Labute approximate surface area is 187 Å². The predicted octanol–water partition coefficient (Wildman–Crippen LogP) is 4.09. The summed E-state index contributed by atoms with van der Waals surface area (Å²) in [5.41, 5.74) is 4.44. The third-order valence-electron chi connectivity index (χ3n) is 3.75. The number of carbonyl (C=O) groups is 1. The van der Waals surface area contributed by atoms with Crippen molar-refractivity contribution in [1.29, 1.82) is 0 Å². The van der Waals surface area contributed by atoms with Crippen LogP contribution in [0.3, 0.4) is 0 Å². The van der Waals surface area contributed by atoms with Gasteiger partial charge in [-0.05, 0) is 23.8 Å². The highest BCUT2D eigenvalue weighted by Crippen LogP contribution is 2.30. The van der Waals surface area contributed by atoms with Gasteiger partial charge in [0.25, 0.3) is 5.91 Å². The molecular weight excluding hydrogens is 440 g/mol. The molecular formula is C20H20N4O3S3. The van der Waals surface area contributed by atoms with Crippen molar-refractivity contribution in [3.05, 3.63) is 59.7 Å². The predicted molar refractivity (Wildman–Crippen MR) is 122 cm³/mol. The van der Waals surface area contributed by atoms with Crippen LogP contribution in [0.4, 0.5) is 0 Å². The van der Waals surface area contributed by atoms with Gasteiger partial charge in [-0.3, -0.25) is 4.79 Å². The maximum Gasteiger partial charge on any atom is 0.250 e. The van der Waals surface area contributed by atoms with Gasteiger partial charge in [0, 0.05) is 11.3 Å². The SMILES string of the molecule is COc1ccc(OC)c(/C=N/NC(=O)CSc2nnc(SCc3ccccc3)s2)c1. The molecule has 1 amide bonds. The monoisotopic (exact) mass is 460 g/mol. The number of nitrogens with zero attached hydrogens (tertiary/aromatic N) is 3. The molecule has 0 aliphatic carbocycles. The number of hydrogen-bond donors (Lipinski definition) is 1. The smallest absolute Gasteiger partial charge is 0.250 e. The van der Waals surface area contributed by atoms with E-state index in [-0.39, 0.29) is 11.7 Å². The van der Waals surface area contributed by atoms with Crippen LogP contribution >= 0.6 is 34.9 Å². The van der Waals surface area contributed by atoms with E-state index in [1.807, 2.05) is 18.2 Å². The summed E-state index contributed by atoms with van der Waals surface area (Å²) in [6, 6.07) is 15.5. The van der Waals surface area contributed by atoms with Crippen LogP contribution in [0.2, 0.25) is 0 Å². The highest BCUT2D eigenvalue weighted by Gasteiger charge is 2.09. The molecule has 0 fully saturated rings. The van der Waals surface area contributed by atoms with E-state index in [9.17, 15) is 4.79 Å². The standard InChI is InChI=1S/C20H20N4O3S3/c1-26-16-8-9-17(27-2)15(10-16)11-21-22-18(25)13-29-20-24-23-19(30-20)28-12-14-6-4-3-5-7-14/h3-11H,12-13H2,1-2H3,(H,22,25)/b21-11+. The van der Waals surface area contributed by atoms with Gasteiger partial charge in [-0.25, -0.2) is 5.43 Å². The van der Waals surface area contributed by atoms with E-state index in [4.69, 9.17) is 9.47 Å². The van der Waals surface area contributed by atoms with Crippen LogP contribution in [0.5, 0.6) is 11.5 Å². The van der Waals surface area contributed by atoms with Gasteiger partial charge in [-0.2, -0.15) is 5.10 Å². The molecule has 7 nitrogen and oxygen atoms in total. The second-order valence-corrected chi connectivity index (χ2v) is 9.22. The molecule has 1 heterocycles. The van der Waals surface area contributed by atoms with Crippen LogP contribution < -0.4 is 14.9 Å². The molecule has 0 saturated heterocycles. The fourth-order valence-corrected chi connectivity index (χ4v) is 5.08. The number of nitrogens with one attached hydrogen (secondary N) is 1. The summed E-state index contributed by atoms with van der Waals surface area (Å²) in [4.78, 5) is 12.1. The fourth-order valence-electron chi connectivity index (χ4n) is 2.31. The number of amides is 1. The van der Waals surface area contributed by atoms with Crippen molar-refractivity contribution in [1.82, 2.24) is 15.6 Å². The Kier molecular flexibility index (Phi) is 8.54. The Bertz CT molecular complexity index is 996. The molecule has 1 N–H and O–H groups in total. The van der Waals surface area contributed by atoms with Gasteiger partial charge < -0.3 is 9.47 Å². The second-order valence-electron chi connectivity index (χ2n) is 5.80. The lowest BCUT2D eigenvalue weighted by atomic mass is 10.2. The van der Waals surface area contributed by atoms with E-state index < -0.39 is 0 Å². The zero-order valence-corrected chi connectivity index (χ0v) is 18.9. The molecule has 156 valence electrons. The van der Waals surface area contributed by atoms with Gasteiger partial charge in [-0.15, -0.1) is 10.2 Å². The van der Waals surface area contributed by atoms with Gasteiger partial charge >= 0.3 is 0 Å². The number of methoxy groups -OCH3 is 2. The van der Waals surface area contributed by atoms with Crippen LogP contribution in [0.1, 0.15) is 11.1 Å². The number of hydrazone groups is 1. The van der Waals surface area contributed by atoms with Crippen molar-refractivity contribution in [3.8, 4) is 11.5 Å². The lowest BCUT2D eigenvalue weighted by Crippen LogP contribution is -2.19. The molecule has 1 aromatic heterocycles. The van der Waals surface area contributed by atoms with Crippen molar-refractivity contribution in [2.24, 2.45) is 5.10 Å². The Morgan fingerprint density at radius 1 is 1.10 bits per heavy atom. The van der Waals surface area contributed by atoms with E-state index in [0.29, 0.717) is 17.1 Å². The van der Waals surface area contributed by atoms with Crippen molar-refractivity contribution >= 4 is 47.0 Å². The lowest BCUT2D eigenvalue weighted by molar-refractivity contribution is -0.118. The zero-order chi connectivity index (χ0) is 21.2. The van der Waals surface area contributed by atoms with E-state index >= 15 is 0 Å². The fraction of sp³-hybridized carbons (Fsp3) is 0.200. The summed E-state index contributed by atoms with van der Waals surface area (Å²) in [6.45, 7) is 0. The molecule has 30 heavy (non-hydrogen) atoms. The number of hydrogen-bond acceptors (Lipinski definition) is 9. The van der Waals surface area contributed by atoms with E-state index in [1.54, 1.807) is 44.2 Å². The second kappa shape index (κ2) is 11.6. The Balaban J connectivity index is 1.45. The average molecular weight is 461 g/mol. The van der Waals surface area contributed by atoms with Crippen molar-refractivity contribution in [2.75, 3.05) is 20.0 Å². The summed E-state index contributed by atoms with van der Waals surface area (Å²) in [7, 11) is 3.16. The largest absolute Gasteiger partial charge is 0.497 e. The first-order valence-electron chi connectivity index (χ1n) is 8.85. The zero-order valence-electron chi connectivity index (χ0n) is 16.4. The van der Waals surface area contributed by atoms with Crippen LogP contribution in [0.15, 0.2) is 62.3 Å². The molecule has 0 atom stereocenters. The summed E-state index contributed by atoms with van der Waals surface area (Å²) in [6.07, 6.45) is 1.52. The average Bonchev–Trinajstić information content (AvgIpc) is 3.25. The molecule has 3 aromatic rings. The van der Waals surface area contributed by atoms with Crippen molar-refractivity contribution in [3.63, 3.8) is 0 Å². The Morgan fingerprint density at radius 2 is 1.87 bits per heavy atom. The quantitative estimate of drug-likeness (QED) is 0.277. The normalized spacial score (nSPS) is 10.9. The maximum absolute atomic E-state index is 12.1. The summed E-state index contributed by atoms with van der Waals surface area (Å²) < 4.78 is 12.1. The van der Waals surface area contributed by atoms with E-state index in [0.717, 1.165) is 14.4 Å². The molecule has 0 aliphatic heterocycles. The highest BCUT2D eigenvalue weighted by molar-refractivity contribution is 8.03. The van der Waals surface area contributed by atoms with Gasteiger partial charge in [0.05, 0.1) is 26.2 Å². The molecule has 3 rings (SSSR count). The summed E-state index contributed by atoms with van der Waals surface area (Å²) in [5, 5.41) is 12.3. The minimum atomic E-state index is -0.230. The van der Waals surface area contributed by atoms with Crippen LogP contribution in [0.25, 0.3) is 0 Å². The Hall–Kier alpha value is -2.56. The molecule has 0 radical (unpaired) electrons. The van der Waals surface area contributed by atoms with Crippen molar-refractivity contribution < 1.29 is 14.3 Å². The lowest BCUT2D eigenvalue weighted by Gasteiger charge is -2.06. The van der Waals surface area contributed by atoms with Crippen molar-refractivity contribution in [2.45, 2.75) is 14.4 Å².